The third-order valence-electron chi connectivity index (χ3n) is 6.50. The largest absolute Gasteiger partial charge is 0.432 e. The van der Waals surface area contributed by atoms with E-state index in [1.54, 1.807) is 6.92 Å². The predicted octanol–water partition coefficient (Wildman–Crippen LogP) is 0.573. The lowest BCUT2D eigenvalue weighted by atomic mass is 9.49. The molecule has 0 radical (unpaired) electrons. The van der Waals surface area contributed by atoms with E-state index in [1.165, 1.54) is 19.3 Å². The molecule has 0 spiro atoms. The standard InChI is InChI=1S/C17H26O6/c1-8-12(18)13(19)14(20)15(22-8)23-16(21)17-5-9-2-10(6-17)4-11(3-9)7-17/h8-15,18-20H,2-7H2,1H3/t8-,9?,10?,11?,12+,13+,14-,15-,17?/m0/s1. The van der Waals surface area contributed by atoms with Gasteiger partial charge in [-0.1, -0.05) is 0 Å². The lowest BCUT2D eigenvalue weighted by Gasteiger charge is -2.55. The van der Waals surface area contributed by atoms with Crippen LogP contribution in [0.5, 0.6) is 0 Å². The number of hydrogen-bond donors (Lipinski definition) is 3. The second kappa shape index (κ2) is 5.41. The minimum absolute atomic E-state index is 0.295. The number of aliphatic hydroxyl groups excluding tert-OH is 3. The Kier molecular flexibility index (Phi) is 3.72. The van der Waals surface area contributed by atoms with E-state index in [0.717, 1.165) is 19.3 Å². The van der Waals surface area contributed by atoms with Crippen LogP contribution in [0.3, 0.4) is 0 Å². The normalized spacial score (nSPS) is 55.0. The zero-order valence-corrected chi connectivity index (χ0v) is 13.4. The summed E-state index contributed by atoms with van der Waals surface area (Å²) >= 11 is 0. The smallest absolute Gasteiger partial charge is 0.314 e. The van der Waals surface area contributed by atoms with E-state index in [1.807, 2.05) is 0 Å². The minimum Gasteiger partial charge on any atom is -0.432 e. The Labute approximate surface area is 135 Å². The molecule has 5 fully saturated rings. The van der Waals surface area contributed by atoms with Gasteiger partial charge in [0.1, 0.15) is 18.3 Å². The molecule has 3 N–H and O–H groups in total. The number of carbonyl (C=O) groups excluding carboxylic acids is 1. The Balaban J connectivity index is 1.48. The van der Waals surface area contributed by atoms with E-state index in [9.17, 15) is 20.1 Å². The third-order valence-corrected chi connectivity index (χ3v) is 6.50. The highest BCUT2D eigenvalue weighted by atomic mass is 16.7. The number of aliphatic hydroxyl groups is 3. The van der Waals surface area contributed by atoms with E-state index < -0.39 is 36.1 Å². The van der Waals surface area contributed by atoms with E-state index >= 15 is 0 Å². The average molecular weight is 326 g/mol. The Morgan fingerprint density at radius 2 is 1.48 bits per heavy atom. The zero-order valence-electron chi connectivity index (χ0n) is 13.4. The first kappa shape index (κ1) is 15.8. The van der Waals surface area contributed by atoms with Crippen molar-refractivity contribution >= 4 is 5.97 Å². The van der Waals surface area contributed by atoms with E-state index in [0.29, 0.717) is 17.8 Å². The summed E-state index contributed by atoms with van der Waals surface area (Å²) in [7, 11) is 0. The van der Waals surface area contributed by atoms with Gasteiger partial charge in [0.25, 0.3) is 0 Å². The van der Waals surface area contributed by atoms with Crippen LogP contribution in [0.25, 0.3) is 0 Å². The summed E-state index contributed by atoms with van der Waals surface area (Å²) in [6, 6.07) is 0. The third kappa shape index (κ3) is 2.51. The lowest BCUT2D eigenvalue weighted by Crippen LogP contribution is -2.59. The van der Waals surface area contributed by atoms with E-state index in [4.69, 9.17) is 9.47 Å². The van der Waals surface area contributed by atoms with Gasteiger partial charge in [0.15, 0.2) is 0 Å². The Morgan fingerprint density at radius 1 is 0.957 bits per heavy atom. The molecule has 5 aliphatic rings. The van der Waals surface area contributed by atoms with Crippen molar-refractivity contribution in [1.29, 1.82) is 0 Å². The molecule has 23 heavy (non-hydrogen) atoms. The van der Waals surface area contributed by atoms with Crippen molar-refractivity contribution < 1.29 is 29.6 Å². The van der Waals surface area contributed by atoms with Crippen molar-refractivity contribution in [2.75, 3.05) is 0 Å². The molecular weight excluding hydrogens is 300 g/mol. The summed E-state index contributed by atoms with van der Waals surface area (Å²) in [6.07, 6.45) is 0.466. The molecule has 1 heterocycles. The van der Waals surface area contributed by atoms with Gasteiger partial charge in [0.2, 0.25) is 6.29 Å². The molecule has 0 unspecified atom stereocenters. The number of ether oxygens (including phenoxy) is 2. The van der Waals surface area contributed by atoms with Crippen LogP contribution < -0.4 is 0 Å². The highest BCUT2D eigenvalue weighted by Crippen LogP contribution is 2.60. The molecule has 6 heteroatoms. The van der Waals surface area contributed by atoms with Gasteiger partial charge in [0.05, 0.1) is 11.5 Å². The summed E-state index contributed by atoms with van der Waals surface area (Å²) in [5.74, 6) is 1.57. The van der Waals surface area contributed by atoms with Gasteiger partial charge in [0, 0.05) is 0 Å². The first-order chi connectivity index (χ1) is 10.9. The van der Waals surface area contributed by atoms with Crippen LogP contribution in [0.2, 0.25) is 0 Å². The number of hydrogen-bond acceptors (Lipinski definition) is 6. The molecule has 1 saturated heterocycles. The average Bonchev–Trinajstić information content (AvgIpc) is 2.49. The first-order valence-electron chi connectivity index (χ1n) is 8.79. The highest BCUT2D eigenvalue weighted by molar-refractivity contribution is 5.77. The monoisotopic (exact) mass is 326 g/mol. The summed E-state index contributed by atoms with van der Waals surface area (Å²) in [4.78, 5) is 12.8. The fourth-order valence-corrected chi connectivity index (χ4v) is 5.70. The van der Waals surface area contributed by atoms with Gasteiger partial charge < -0.3 is 24.8 Å². The lowest BCUT2D eigenvalue weighted by molar-refractivity contribution is -0.290. The molecule has 4 bridgehead atoms. The molecule has 0 amide bonds. The van der Waals surface area contributed by atoms with Crippen LogP contribution in [-0.2, 0) is 14.3 Å². The van der Waals surface area contributed by atoms with Crippen molar-refractivity contribution in [3.05, 3.63) is 0 Å². The topological polar surface area (TPSA) is 96.2 Å². The van der Waals surface area contributed by atoms with Crippen molar-refractivity contribution in [3.63, 3.8) is 0 Å². The SMILES string of the molecule is C[C@@H]1O[C@@H](OC(=O)C23CC4CC(CC(C4)C2)C3)[C@@H](O)[C@H](O)[C@@H]1O. The van der Waals surface area contributed by atoms with Gasteiger partial charge >= 0.3 is 5.97 Å². The Bertz CT molecular complexity index is 456. The molecule has 4 saturated carbocycles. The quantitative estimate of drug-likeness (QED) is 0.642. The van der Waals surface area contributed by atoms with Gasteiger partial charge in [-0.2, -0.15) is 0 Å². The van der Waals surface area contributed by atoms with Crippen molar-refractivity contribution in [2.45, 2.75) is 76.2 Å². The van der Waals surface area contributed by atoms with Gasteiger partial charge in [-0.3, -0.25) is 4.79 Å². The van der Waals surface area contributed by atoms with Crippen molar-refractivity contribution in [3.8, 4) is 0 Å². The number of esters is 1. The van der Waals surface area contributed by atoms with Crippen LogP contribution in [0.15, 0.2) is 0 Å². The Morgan fingerprint density at radius 3 is 2.00 bits per heavy atom. The van der Waals surface area contributed by atoms with Crippen LogP contribution in [0.1, 0.15) is 45.4 Å². The summed E-state index contributed by atoms with van der Waals surface area (Å²) in [5, 5.41) is 29.6. The maximum Gasteiger partial charge on any atom is 0.314 e. The first-order valence-corrected chi connectivity index (χ1v) is 8.79. The molecule has 5 rings (SSSR count). The maximum atomic E-state index is 12.8. The molecule has 0 aromatic heterocycles. The minimum atomic E-state index is -1.42. The molecule has 1 aliphatic heterocycles. The molecule has 0 aromatic rings. The van der Waals surface area contributed by atoms with Gasteiger partial charge in [-0.05, 0) is 63.2 Å². The summed E-state index contributed by atoms with van der Waals surface area (Å²) < 4.78 is 10.9. The molecule has 4 aliphatic carbocycles. The molecule has 6 nitrogen and oxygen atoms in total. The highest BCUT2D eigenvalue weighted by Gasteiger charge is 2.56. The molecule has 130 valence electrons. The van der Waals surface area contributed by atoms with Crippen LogP contribution in [0, 0.1) is 23.2 Å². The van der Waals surface area contributed by atoms with Crippen molar-refractivity contribution in [1.82, 2.24) is 0 Å². The van der Waals surface area contributed by atoms with Crippen molar-refractivity contribution in [2.24, 2.45) is 23.2 Å². The van der Waals surface area contributed by atoms with E-state index in [-0.39, 0.29) is 5.97 Å². The fraction of sp³-hybridized carbons (Fsp3) is 0.941. The zero-order chi connectivity index (χ0) is 16.4. The molecular formula is C17H26O6. The summed E-state index contributed by atoms with van der Waals surface area (Å²) in [6.45, 7) is 1.59. The summed E-state index contributed by atoms with van der Waals surface area (Å²) in [5.41, 5.74) is -0.428. The van der Waals surface area contributed by atoms with E-state index in [2.05, 4.69) is 0 Å². The Hall–Kier alpha value is -0.690. The second-order valence-electron chi connectivity index (χ2n) is 8.28. The van der Waals surface area contributed by atoms with Crippen LogP contribution in [0.4, 0.5) is 0 Å². The number of rotatable bonds is 2. The fourth-order valence-electron chi connectivity index (χ4n) is 5.70. The van der Waals surface area contributed by atoms with Gasteiger partial charge in [-0.25, -0.2) is 0 Å². The predicted molar refractivity (Wildman–Crippen MR) is 79.1 cm³/mol. The molecule has 0 aromatic carbocycles. The second-order valence-corrected chi connectivity index (χ2v) is 8.28. The maximum absolute atomic E-state index is 12.8. The van der Waals surface area contributed by atoms with Crippen LogP contribution >= 0.6 is 0 Å². The van der Waals surface area contributed by atoms with Crippen LogP contribution in [-0.4, -0.2) is 52.0 Å². The molecule has 5 atom stereocenters. The number of carbonyl (C=O) groups is 1. The van der Waals surface area contributed by atoms with Gasteiger partial charge in [-0.15, -0.1) is 0 Å².